The highest BCUT2D eigenvalue weighted by Gasteiger charge is 2.27. The van der Waals surface area contributed by atoms with Gasteiger partial charge in [-0.05, 0) is 38.0 Å². The van der Waals surface area contributed by atoms with Crippen LogP contribution in [0, 0.1) is 0 Å². The molecule has 1 unspecified atom stereocenters. The lowest BCUT2D eigenvalue weighted by molar-refractivity contribution is 0.153. The molecule has 33 heavy (non-hydrogen) atoms. The number of rotatable bonds is 4. The third-order valence-corrected chi connectivity index (χ3v) is 6.01. The van der Waals surface area contributed by atoms with E-state index in [0.29, 0.717) is 38.5 Å². The smallest absolute Gasteiger partial charge is 0.219 e. The van der Waals surface area contributed by atoms with E-state index in [4.69, 9.17) is 15.2 Å². The van der Waals surface area contributed by atoms with E-state index < -0.39 is 5.54 Å². The molecule has 1 atom stereocenters. The van der Waals surface area contributed by atoms with Gasteiger partial charge < -0.3 is 25.6 Å². The molecule has 9 nitrogen and oxygen atoms in total. The van der Waals surface area contributed by atoms with Crippen molar-refractivity contribution >= 4 is 10.9 Å². The maximum Gasteiger partial charge on any atom is 0.219 e. The largest absolute Gasteiger partial charge is 0.479 e. The summed E-state index contributed by atoms with van der Waals surface area (Å²) in [5, 5.41) is 25.9. The molecule has 1 aromatic carbocycles. The molecule has 0 saturated carbocycles. The number of aromatic nitrogens is 4. The van der Waals surface area contributed by atoms with Gasteiger partial charge in [-0.1, -0.05) is 13.0 Å². The highest BCUT2D eigenvalue weighted by molar-refractivity contribution is 5.87. The zero-order valence-electron chi connectivity index (χ0n) is 19.8. The van der Waals surface area contributed by atoms with Crippen molar-refractivity contribution in [1.29, 1.82) is 0 Å². The molecule has 0 radical (unpaired) electrons. The van der Waals surface area contributed by atoms with Crippen LogP contribution in [0.15, 0.2) is 35.9 Å². The third-order valence-electron chi connectivity index (χ3n) is 6.01. The predicted octanol–water partition coefficient (Wildman–Crippen LogP) is 2.79. The van der Waals surface area contributed by atoms with Crippen LogP contribution < -0.4 is 15.8 Å². The molecule has 0 spiro atoms. The van der Waals surface area contributed by atoms with Gasteiger partial charge in [-0.3, -0.25) is 5.10 Å². The summed E-state index contributed by atoms with van der Waals surface area (Å²) in [6, 6.07) is 6.22. The van der Waals surface area contributed by atoms with Gasteiger partial charge in [-0.25, -0.2) is 4.68 Å². The molecule has 2 aromatic heterocycles. The van der Waals surface area contributed by atoms with Crippen LogP contribution in [0.1, 0.15) is 45.2 Å². The number of hydrogen-bond acceptors (Lipinski definition) is 7. The molecule has 1 aliphatic heterocycles. The summed E-state index contributed by atoms with van der Waals surface area (Å²) in [6.45, 7) is 7.43. The van der Waals surface area contributed by atoms with E-state index in [1.54, 1.807) is 4.68 Å². The van der Waals surface area contributed by atoms with Crippen LogP contribution in [0.2, 0.25) is 0 Å². The number of nitrogens with one attached hydrogen (secondary N) is 2. The molecule has 178 valence electrons. The van der Waals surface area contributed by atoms with Crippen LogP contribution in [-0.2, 0) is 11.8 Å². The molecule has 5 N–H and O–H groups in total. The van der Waals surface area contributed by atoms with Crippen molar-refractivity contribution in [3.63, 3.8) is 0 Å². The number of hydrogen-bond donors (Lipinski definition) is 4. The Labute approximate surface area is 193 Å². The van der Waals surface area contributed by atoms with Crippen LogP contribution in [0.5, 0.6) is 5.88 Å². The number of nitrogens with zero attached hydrogens (tertiary/aromatic N) is 3. The van der Waals surface area contributed by atoms with Gasteiger partial charge in [0.05, 0.1) is 37.1 Å². The van der Waals surface area contributed by atoms with Crippen molar-refractivity contribution in [3.8, 4) is 17.0 Å². The number of H-pyrrole nitrogens is 1. The molecule has 4 rings (SSSR count). The zero-order chi connectivity index (χ0) is 23.6. The first-order valence-electron chi connectivity index (χ1n) is 11.4. The lowest BCUT2D eigenvalue weighted by atomic mass is 9.86. The first kappa shape index (κ1) is 23.1. The average molecular weight is 455 g/mol. The standard InChI is InChI=1S/C24H34N6O3/c1-15-12-19(24(2,3)25)22(26-8-9-31)32-10-5-11-33-23-18(14-27-30(23)4)16-6-7-20-17(13-16)21(15)29-28-20/h6-7,13-15,26,31H,5,8-12,25H2,1-4H3,(H,28,29)/b22-19+. The molecule has 0 saturated heterocycles. The summed E-state index contributed by atoms with van der Waals surface area (Å²) >= 11 is 0. The third kappa shape index (κ3) is 4.84. The second-order valence-electron chi connectivity index (χ2n) is 9.19. The fraction of sp³-hybridized carbons (Fsp3) is 0.500. The molecular weight excluding hydrogens is 420 g/mol. The molecule has 2 bridgehead atoms. The topological polar surface area (TPSA) is 123 Å². The Balaban J connectivity index is 1.82. The molecule has 0 amide bonds. The number of benzene rings is 1. The van der Waals surface area contributed by atoms with Crippen LogP contribution in [-0.4, -0.2) is 57.0 Å². The fourth-order valence-electron chi connectivity index (χ4n) is 4.24. The Bertz CT molecular complexity index is 1140. The van der Waals surface area contributed by atoms with Crippen molar-refractivity contribution < 1.29 is 14.6 Å². The van der Waals surface area contributed by atoms with Gasteiger partial charge in [0.1, 0.15) is 0 Å². The van der Waals surface area contributed by atoms with Gasteiger partial charge in [-0.15, -0.1) is 0 Å². The lowest BCUT2D eigenvalue weighted by Crippen LogP contribution is -2.38. The Kier molecular flexibility index (Phi) is 6.62. The number of aromatic amines is 1. The minimum atomic E-state index is -0.612. The first-order valence-corrected chi connectivity index (χ1v) is 11.4. The fourth-order valence-corrected chi connectivity index (χ4v) is 4.24. The first-order chi connectivity index (χ1) is 15.8. The van der Waals surface area contributed by atoms with Gasteiger partial charge in [0.25, 0.3) is 0 Å². The van der Waals surface area contributed by atoms with Crippen LogP contribution in [0.25, 0.3) is 22.0 Å². The van der Waals surface area contributed by atoms with E-state index >= 15 is 0 Å². The average Bonchev–Trinajstić information content (AvgIpc) is 3.36. The summed E-state index contributed by atoms with van der Waals surface area (Å²) in [6.07, 6.45) is 3.19. The van der Waals surface area contributed by atoms with E-state index in [1.165, 1.54) is 0 Å². The molecule has 9 heteroatoms. The van der Waals surface area contributed by atoms with Gasteiger partial charge in [0.2, 0.25) is 5.88 Å². The van der Waals surface area contributed by atoms with Crippen LogP contribution in [0.4, 0.5) is 0 Å². The van der Waals surface area contributed by atoms with Crippen molar-refractivity contribution in [2.45, 2.75) is 45.1 Å². The molecule has 0 fully saturated rings. The maximum atomic E-state index is 9.38. The molecule has 3 aromatic rings. The lowest BCUT2D eigenvalue weighted by Gasteiger charge is -2.29. The monoisotopic (exact) mass is 454 g/mol. The number of ether oxygens (including phenoxy) is 2. The van der Waals surface area contributed by atoms with E-state index in [1.807, 2.05) is 39.2 Å². The zero-order valence-corrected chi connectivity index (χ0v) is 19.8. The van der Waals surface area contributed by atoms with E-state index in [9.17, 15) is 5.11 Å². The SMILES string of the molecule is CC1C/C(C(C)(C)N)=C(/NCCO)OCCCOc2c(cnn2C)-c2ccc3n[nH]c1c3c2. The number of nitrogens with two attached hydrogens (primary N) is 1. The summed E-state index contributed by atoms with van der Waals surface area (Å²) in [7, 11) is 1.88. The minimum absolute atomic E-state index is 0.00103. The highest BCUT2D eigenvalue weighted by Crippen LogP contribution is 2.36. The number of aliphatic hydroxyl groups is 1. The predicted molar refractivity (Wildman–Crippen MR) is 128 cm³/mol. The highest BCUT2D eigenvalue weighted by atomic mass is 16.5. The molecule has 0 aliphatic carbocycles. The Morgan fingerprint density at radius 3 is 2.85 bits per heavy atom. The second kappa shape index (κ2) is 9.44. The van der Waals surface area contributed by atoms with Gasteiger partial charge >= 0.3 is 0 Å². The number of aliphatic hydroxyl groups excluding tert-OH is 1. The summed E-state index contributed by atoms with van der Waals surface area (Å²) in [4.78, 5) is 0. The van der Waals surface area contributed by atoms with Gasteiger partial charge in [-0.2, -0.15) is 10.2 Å². The second-order valence-corrected chi connectivity index (χ2v) is 9.19. The normalized spacial score (nSPS) is 20.0. The number of aryl methyl sites for hydroxylation is 1. The molecule has 1 aliphatic rings. The van der Waals surface area contributed by atoms with Gasteiger partial charge in [0.15, 0.2) is 5.88 Å². The van der Waals surface area contributed by atoms with Crippen molar-refractivity contribution in [1.82, 2.24) is 25.3 Å². The Morgan fingerprint density at radius 1 is 1.30 bits per heavy atom. The summed E-state index contributed by atoms with van der Waals surface area (Å²) in [5.74, 6) is 1.46. The summed E-state index contributed by atoms with van der Waals surface area (Å²) < 4.78 is 14.0. The Hall–Kier alpha value is -3.04. The van der Waals surface area contributed by atoms with E-state index in [-0.39, 0.29) is 12.5 Å². The Morgan fingerprint density at radius 2 is 2.09 bits per heavy atom. The van der Waals surface area contributed by atoms with Crippen molar-refractivity contribution in [2.75, 3.05) is 26.4 Å². The van der Waals surface area contributed by atoms with Crippen molar-refractivity contribution in [2.24, 2.45) is 12.8 Å². The quantitative estimate of drug-likeness (QED) is 0.478. The minimum Gasteiger partial charge on any atom is -0.479 e. The molecule has 3 heterocycles. The summed E-state index contributed by atoms with van der Waals surface area (Å²) in [5.41, 5.74) is 10.9. The van der Waals surface area contributed by atoms with Crippen molar-refractivity contribution in [3.05, 3.63) is 41.5 Å². The van der Waals surface area contributed by atoms with Gasteiger partial charge in [0, 0.05) is 48.1 Å². The van der Waals surface area contributed by atoms with E-state index in [0.717, 1.165) is 39.2 Å². The van der Waals surface area contributed by atoms with E-state index in [2.05, 4.69) is 33.6 Å². The number of fused-ring (bicyclic) bond motifs is 3. The maximum absolute atomic E-state index is 9.38. The van der Waals surface area contributed by atoms with Crippen LogP contribution in [0.3, 0.4) is 0 Å². The molecular formula is C24H34N6O3. The van der Waals surface area contributed by atoms with Crippen LogP contribution >= 0.6 is 0 Å².